The number of halogens is 2. The highest BCUT2D eigenvalue weighted by Gasteiger charge is 2.41. The second kappa shape index (κ2) is 62.1. The van der Waals surface area contributed by atoms with Crippen molar-refractivity contribution in [1.82, 2.24) is 30.3 Å². The summed E-state index contributed by atoms with van der Waals surface area (Å²) in [5.74, 6) is 1.08. The summed E-state index contributed by atoms with van der Waals surface area (Å²) >= 11 is 0. The van der Waals surface area contributed by atoms with Crippen LogP contribution in [0.15, 0.2) is 29.2 Å². The van der Waals surface area contributed by atoms with Crippen molar-refractivity contribution in [2.45, 2.75) is 274 Å². The van der Waals surface area contributed by atoms with Crippen molar-refractivity contribution in [3.8, 4) is 5.75 Å². The summed E-state index contributed by atoms with van der Waals surface area (Å²) in [5.41, 5.74) is 8.99. The zero-order valence-corrected chi connectivity index (χ0v) is 66.0. The molecule has 2 aromatic rings. The summed E-state index contributed by atoms with van der Waals surface area (Å²) in [6.07, 6.45) is 17.9. The molecule has 2 fully saturated rings. The van der Waals surface area contributed by atoms with E-state index in [-0.39, 0.29) is 87.2 Å². The Morgan fingerprint density at radius 2 is 1.19 bits per heavy atom. The minimum atomic E-state index is -0.908. The normalized spacial score (nSPS) is 15.7. The lowest BCUT2D eigenvalue weighted by molar-refractivity contribution is -0.156. The third-order valence-corrected chi connectivity index (χ3v) is 15.6. The fourth-order valence-corrected chi connectivity index (χ4v) is 9.98. The Labute approximate surface area is 612 Å². The second-order valence-corrected chi connectivity index (χ2v) is 30.5. The minimum absolute atomic E-state index is 0. The molecule has 2 unspecified atom stereocenters. The van der Waals surface area contributed by atoms with Crippen molar-refractivity contribution in [3.63, 3.8) is 0 Å². The number of nitrogens with zero attached hydrogens (tertiary/aromatic N) is 3. The van der Waals surface area contributed by atoms with Crippen LogP contribution in [0.25, 0.3) is 0 Å². The van der Waals surface area contributed by atoms with Crippen molar-refractivity contribution in [2.24, 2.45) is 58.8 Å². The van der Waals surface area contributed by atoms with Gasteiger partial charge in [-0.15, -0.1) is 9.24 Å². The summed E-state index contributed by atoms with van der Waals surface area (Å²) in [5, 5.41) is 20.1. The number of carbonyl (C=O) groups excluding carboxylic acids is 5. The van der Waals surface area contributed by atoms with E-state index in [1.54, 1.807) is 4.90 Å². The molecule has 4 heterocycles. The van der Waals surface area contributed by atoms with Gasteiger partial charge in [-0.3, -0.25) is 28.9 Å². The zero-order valence-electron chi connectivity index (χ0n) is 64.8. The molecule has 18 nitrogen and oxygen atoms in total. The first-order valence-electron chi connectivity index (χ1n) is 36.4. The molecule has 0 bridgehead atoms. The Morgan fingerprint density at radius 3 is 1.59 bits per heavy atom. The number of benzene rings is 1. The summed E-state index contributed by atoms with van der Waals surface area (Å²) in [6.45, 7) is 46.1. The maximum absolute atomic E-state index is 14.0. The molecule has 590 valence electrons. The Morgan fingerprint density at radius 1 is 0.720 bits per heavy atom. The Hall–Kier alpha value is -4.27. The number of esters is 2. The largest absolute Gasteiger partial charge is 0.503 e. The van der Waals surface area contributed by atoms with Gasteiger partial charge in [0, 0.05) is 70.3 Å². The van der Waals surface area contributed by atoms with Gasteiger partial charge in [0.15, 0.2) is 17.2 Å². The number of ether oxygens (including phenoxy) is 3. The van der Waals surface area contributed by atoms with Crippen LogP contribution in [-0.4, -0.2) is 160 Å². The lowest BCUT2D eigenvalue weighted by Gasteiger charge is -2.42. The van der Waals surface area contributed by atoms with E-state index in [2.05, 4.69) is 99.3 Å². The predicted octanol–water partition coefficient (Wildman–Crippen LogP) is 15.6. The number of amides is 1. The average molecular weight is 1450 g/mol. The highest BCUT2D eigenvalue weighted by molar-refractivity contribution is 7.16. The summed E-state index contributed by atoms with van der Waals surface area (Å²) in [4.78, 5) is 75.3. The van der Waals surface area contributed by atoms with Crippen molar-refractivity contribution in [1.29, 1.82) is 0 Å². The van der Waals surface area contributed by atoms with Crippen molar-refractivity contribution in [2.75, 3.05) is 92.9 Å². The quantitative estimate of drug-likeness (QED) is 0.0192. The van der Waals surface area contributed by atoms with Crippen LogP contribution < -0.4 is 32.8 Å². The molecular weight excluding hydrogens is 1290 g/mol. The molecule has 0 radical (unpaired) electrons. The van der Waals surface area contributed by atoms with Crippen LogP contribution in [0.2, 0.25) is 0 Å². The van der Waals surface area contributed by atoms with E-state index in [4.69, 9.17) is 25.7 Å². The number of aromatic hydroxyl groups is 1. The molecule has 100 heavy (non-hydrogen) atoms. The van der Waals surface area contributed by atoms with Crippen LogP contribution in [0.3, 0.4) is 0 Å². The van der Waals surface area contributed by atoms with E-state index in [9.17, 15) is 42.7 Å². The number of aryl methyl sites for hydroxylation is 1. The summed E-state index contributed by atoms with van der Waals surface area (Å²) < 4.78 is 44.0. The number of fused-ring (bicyclic) bond motifs is 2. The van der Waals surface area contributed by atoms with E-state index in [0.717, 1.165) is 108 Å². The smallest absolute Gasteiger partial charge is 0.306 e. The first kappa shape index (κ1) is 107. The molecule has 1 aromatic heterocycles. The van der Waals surface area contributed by atoms with Crippen molar-refractivity contribution in [3.05, 3.63) is 63.1 Å². The van der Waals surface area contributed by atoms with Crippen LogP contribution in [0.1, 0.15) is 270 Å². The summed E-state index contributed by atoms with van der Waals surface area (Å²) in [7, 11) is 8.51. The highest BCUT2D eigenvalue weighted by atomic mass is 31.0. The molecule has 7 atom stereocenters. The van der Waals surface area contributed by atoms with E-state index < -0.39 is 34.5 Å². The number of carbonyl (C=O) groups is 5. The molecule has 0 aliphatic carbocycles. The average Bonchev–Trinajstić information content (AvgIpc) is 1.11. The van der Waals surface area contributed by atoms with Gasteiger partial charge in [-0.1, -0.05) is 131 Å². The second-order valence-electron chi connectivity index (χ2n) is 29.7. The molecular formula is C79H155F2N8O10P. The van der Waals surface area contributed by atoms with Gasteiger partial charge in [0.25, 0.3) is 5.91 Å². The van der Waals surface area contributed by atoms with E-state index in [0.29, 0.717) is 62.1 Å². The zero-order chi connectivity index (χ0) is 74.9. The van der Waals surface area contributed by atoms with Gasteiger partial charge in [0.1, 0.15) is 35.3 Å². The van der Waals surface area contributed by atoms with Gasteiger partial charge >= 0.3 is 11.9 Å². The monoisotopic (exact) mass is 1450 g/mol. The Balaban J connectivity index is -0.000000286. The number of Topliss-reactive ketones (excluding diaryl/α,β-unsaturated/α-hetero) is 1. The fourth-order valence-electron chi connectivity index (χ4n) is 9.98. The maximum atomic E-state index is 14.0. The van der Waals surface area contributed by atoms with Gasteiger partial charge in [0.05, 0.1) is 12.1 Å². The van der Waals surface area contributed by atoms with Gasteiger partial charge in [-0.2, -0.15) is 0 Å². The van der Waals surface area contributed by atoms with Crippen LogP contribution in [0.4, 0.5) is 8.78 Å². The van der Waals surface area contributed by atoms with Crippen LogP contribution >= 0.6 is 9.24 Å². The lowest BCUT2D eigenvalue weighted by Crippen LogP contribution is -2.57. The first-order chi connectivity index (χ1) is 45.4. The van der Waals surface area contributed by atoms with Gasteiger partial charge < -0.3 is 61.0 Å². The number of aromatic nitrogens is 1. The number of ketones is 1. The molecule has 0 saturated carbocycles. The SMILES string of the molecule is C.C.C.C1CCOC1.CC(C)C=O.CC(C)CN1C[C@H](C)CCN2C(=O)c3c(O)c(=O)c(C(=O)CCc4ccc(F)cc4F)cn3CC12.CCP.CNCC[C@@H](C)CCC(=O)OC(C)(C)C.CNCC[C@@H](C)CCCC(C)C.CNCC[C@@H](C)CN.C[C@H](CCN)CCC(=O)OC(C)(C)C. The molecule has 0 spiro atoms. The molecule has 5 rings (SSSR count). The number of rotatable bonds is 29. The van der Waals surface area contributed by atoms with Crippen molar-refractivity contribution < 1.29 is 52.1 Å². The highest BCUT2D eigenvalue weighted by Crippen LogP contribution is 2.30. The van der Waals surface area contributed by atoms with Crippen LogP contribution in [0, 0.1) is 59.0 Å². The van der Waals surface area contributed by atoms with Crippen molar-refractivity contribution >= 4 is 39.2 Å². The number of aldehydes is 1. The predicted molar refractivity (Wildman–Crippen MR) is 422 cm³/mol. The summed E-state index contributed by atoms with van der Waals surface area (Å²) in [6, 6.07) is 3.11. The maximum Gasteiger partial charge on any atom is 0.306 e. The molecule has 1 aromatic carbocycles. The van der Waals surface area contributed by atoms with E-state index in [1.165, 1.54) is 74.5 Å². The standard InChI is InChI=1S/C26H31F2N3O4.C12H25NO2.C11H23NO2.C11H25N.C6H16N2.2C4H8O.C2H7P.3CH4/c1-15(2)11-29-12-16(3)8-9-31-22(29)14-30-13-19(24(33)25(34)23(30)26(31)35)21(32)7-5-17-4-6-18(27)10-20(17)28;1-10(8-9-13-5)6-7-11(14)15-12(2,3)4;1-9(7-8-12)5-6-10(13)14-11(2,3)4;1-10(2)6-5-7-11(3)8-9-12-4;1-6(5-7)3-4-8-2;1-2-4-5-3-1;1-4(2)3-5;1-2-3;;;/h4,6,10,13,15-16,22,34H,5,7-9,11-12,14H2,1-3H3;10,13H,6-9H2,1-5H3;9H,5-8,12H2,1-4H3;10-12H,5-9H2,1-4H3;6,8H,3-5,7H2,1-2H3;1-4H2;3-4H,1-2H3;2-3H2,1H3;3*1H4/t16-,22?;10-;9-;11-;6-;;;;;;/m10001....../s1. The number of hydrogen-bond acceptors (Lipinski definition) is 16. The number of pyridine rings is 1. The van der Waals surface area contributed by atoms with Gasteiger partial charge in [0.2, 0.25) is 5.43 Å². The third-order valence-electron chi connectivity index (χ3n) is 15.6. The fraction of sp³-hybridized carbons (Fsp3) is 0.797. The number of hydrogen-bond donors (Lipinski definition) is 6. The van der Waals surface area contributed by atoms with Crippen LogP contribution in [-0.2, 0) is 41.6 Å². The molecule has 8 N–H and O–H groups in total. The molecule has 1 amide bonds. The molecule has 21 heteroatoms. The Bertz CT molecular complexity index is 2450. The number of nitrogens with one attached hydrogen (secondary N) is 3. The van der Waals surface area contributed by atoms with Crippen LogP contribution in [0.5, 0.6) is 5.75 Å². The third kappa shape index (κ3) is 55.3. The lowest BCUT2D eigenvalue weighted by atomic mass is 9.97. The molecule has 3 aliphatic rings. The van der Waals surface area contributed by atoms with Gasteiger partial charge in [-0.25, -0.2) is 8.78 Å². The molecule has 2 saturated heterocycles. The topological polar surface area (TPSA) is 250 Å². The number of nitrogens with two attached hydrogens (primary N) is 2. The van der Waals surface area contributed by atoms with E-state index >= 15 is 0 Å². The molecule has 3 aliphatic heterocycles. The Kier molecular flexibility index (Phi) is 66.3. The minimum Gasteiger partial charge on any atom is -0.503 e. The first-order valence-corrected chi connectivity index (χ1v) is 37.2. The van der Waals surface area contributed by atoms with Gasteiger partial charge in [-0.05, 0) is 219 Å². The van der Waals surface area contributed by atoms with E-state index in [1.807, 2.05) is 76.5 Å².